The first-order chi connectivity index (χ1) is 7.31. The molecule has 3 rings (SSSR count). The highest BCUT2D eigenvalue weighted by Gasteiger charge is 2.37. The van der Waals surface area contributed by atoms with E-state index >= 15 is 0 Å². The smallest absolute Gasteiger partial charge is 0.0469 e. The lowest BCUT2D eigenvalue weighted by Gasteiger charge is -2.37. The van der Waals surface area contributed by atoms with E-state index in [0.717, 1.165) is 12.1 Å². The molecule has 2 nitrogen and oxygen atoms in total. The highest BCUT2D eigenvalue weighted by molar-refractivity contribution is 5.70. The summed E-state index contributed by atoms with van der Waals surface area (Å²) < 4.78 is 0. The molecule has 0 amide bonds. The maximum absolute atomic E-state index is 5.89. The highest BCUT2D eigenvalue weighted by atomic mass is 14.7. The zero-order chi connectivity index (χ0) is 10.3. The van der Waals surface area contributed by atoms with E-state index in [1.54, 1.807) is 0 Å². The predicted octanol–water partition coefficient (Wildman–Crippen LogP) is 2.24. The van der Waals surface area contributed by atoms with Gasteiger partial charge in [0, 0.05) is 29.9 Å². The maximum atomic E-state index is 5.89. The minimum atomic E-state index is -0.0463. The molecule has 1 unspecified atom stereocenters. The largest absolute Gasteiger partial charge is 0.399 e. The van der Waals surface area contributed by atoms with Crippen LogP contribution in [0.5, 0.6) is 0 Å². The number of nitrogens with zero attached hydrogens (tertiary/aromatic N) is 1. The average Bonchev–Trinajstić information content (AvgIpc) is 2.26. The summed E-state index contributed by atoms with van der Waals surface area (Å²) in [4.78, 5) is 4.21. The zero-order valence-corrected chi connectivity index (χ0v) is 8.35. The fourth-order valence-electron chi connectivity index (χ4n) is 2.39. The number of aliphatic imine (C=N–C) groups is 1. The molecule has 2 aliphatic carbocycles. The van der Waals surface area contributed by atoms with Crippen molar-refractivity contribution in [2.75, 3.05) is 0 Å². The van der Waals surface area contributed by atoms with E-state index in [1.807, 2.05) is 18.5 Å². The van der Waals surface area contributed by atoms with E-state index in [2.05, 4.69) is 35.4 Å². The van der Waals surface area contributed by atoms with Gasteiger partial charge >= 0.3 is 0 Å². The first-order valence-corrected chi connectivity index (χ1v) is 5.09. The molecule has 1 spiro atoms. The van der Waals surface area contributed by atoms with Gasteiger partial charge in [0.1, 0.15) is 0 Å². The summed E-state index contributed by atoms with van der Waals surface area (Å²) in [5.74, 6) is 0. The molecule has 0 fully saturated rings. The number of rotatable bonds is 0. The Balaban J connectivity index is 2.22. The molecule has 0 aromatic rings. The SMILES string of the molecule is NC1=CC23CC=NC=C2C=CC=C3C=C1. The van der Waals surface area contributed by atoms with Gasteiger partial charge in [0.15, 0.2) is 0 Å². The van der Waals surface area contributed by atoms with Gasteiger partial charge in [-0.2, -0.15) is 0 Å². The van der Waals surface area contributed by atoms with Gasteiger partial charge in [0.25, 0.3) is 0 Å². The summed E-state index contributed by atoms with van der Waals surface area (Å²) in [6, 6.07) is 0. The van der Waals surface area contributed by atoms with Crippen LogP contribution in [0.4, 0.5) is 0 Å². The summed E-state index contributed by atoms with van der Waals surface area (Å²) >= 11 is 0. The van der Waals surface area contributed by atoms with E-state index in [4.69, 9.17) is 5.73 Å². The third kappa shape index (κ3) is 1.08. The van der Waals surface area contributed by atoms with Crippen LogP contribution in [0.3, 0.4) is 0 Å². The van der Waals surface area contributed by atoms with Crippen molar-refractivity contribution in [3.63, 3.8) is 0 Å². The molecule has 3 aliphatic rings. The van der Waals surface area contributed by atoms with Crippen molar-refractivity contribution < 1.29 is 0 Å². The first-order valence-electron chi connectivity index (χ1n) is 5.09. The van der Waals surface area contributed by atoms with Crippen molar-refractivity contribution in [1.82, 2.24) is 0 Å². The lowest BCUT2D eigenvalue weighted by molar-refractivity contribution is 0.584. The summed E-state index contributed by atoms with van der Waals surface area (Å²) in [6.07, 6.45) is 17.3. The van der Waals surface area contributed by atoms with Crippen LogP contribution >= 0.6 is 0 Å². The third-order valence-electron chi connectivity index (χ3n) is 3.18. The second kappa shape index (κ2) is 2.83. The van der Waals surface area contributed by atoms with Gasteiger partial charge in [0.05, 0.1) is 0 Å². The van der Waals surface area contributed by atoms with Crippen LogP contribution in [-0.4, -0.2) is 6.21 Å². The molecular formula is C13H12N2. The van der Waals surface area contributed by atoms with Crippen molar-refractivity contribution in [3.8, 4) is 0 Å². The second-order valence-corrected chi connectivity index (χ2v) is 4.05. The molecule has 15 heavy (non-hydrogen) atoms. The van der Waals surface area contributed by atoms with E-state index in [1.165, 1.54) is 11.1 Å². The number of nitrogens with two attached hydrogens (primary N) is 1. The zero-order valence-electron chi connectivity index (χ0n) is 8.35. The molecule has 1 aliphatic heterocycles. The third-order valence-corrected chi connectivity index (χ3v) is 3.18. The monoisotopic (exact) mass is 196 g/mol. The Morgan fingerprint density at radius 3 is 3.07 bits per heavy atom. The Kier molecular flexibility index (Phi) is 1.60. The highest BCUT2D eigenvalue weighted by Crippen LogP contribution is 2.47. The molecule has 0 aromatic heterocycles. The molecule has 0 bridgehead atoms. The van der Waals surface area contributed by atoms with Gasteiger partial charge in [-0.25, -0.2) is 0 Å². The number of hydrogen-bond acceptors (Lipinski definition) is 2. The fourth-order valence-corrected chi connectivity index (χ4v) is 2.39. The molecule has 0 saturated carbocycles. The standard InChI is InChI=1S/C13H12N2/c14-12-5-4-10-2-1-3-11-9-15-7-6-13(10,11)8-12/h1-5,7-9H,6,14H2. The minimum Gasteiger partial charge on any atom is -0.399 e. The lowest BCUT2D eigenvalue weighted by atomic mass is 9.66. The van der Waals surface area contributed by atoms with Crippen molar-refractivity contribution in [2.45, 2.75) is 6.42 Å². The maximum Gasteiger partial charge on any atom is 0.0469 e. The summed E-state index contributed by atoms with van der Waals surface area (Å²) in [5, 5.41) is 0. The van der Waals surface area contributed by atoms with Gasteiger partial charge in [-0.3, -0.25) is 4.99 Å². The first kappa shape index (κ1) is 8.48. The van der Waals surface area contributed by atoms with Gasteiger partial charge < -0.3 is 5.73 Å². The molecular weight excluding hydrogens is 184 g/mol. The normalized spacial score (nSPS) is 31.3. The van der Waals surface area contributed by atoms with Crippen LogP contribution in [0, 0.1) is 5.41 Å². The molecule has 0 aromatic carbocycles. The van der Waals surface area contributed by atoms with Crippen molar-refractivity contribution in [3.05, 3.63) is 59.5 Å². The van der Waals surface area contributed by atoms with E-state index in [0.29, 0.717) is 0 Å². The molecule has 74 valence electrons. The summed E-state index contributed by atoms with van der Waals surface area (Å²) in [7, 11) is 0. The van der Waals surface area contributed by atoms with Crippen LogP contribution in [-0.2, 0) is 0 Å². The van der Waals surface area contributed by atoms with E-state index in [-0.39, 0.29) is 5.41 Å². The Labute approximate surface area is 88.9 Å². The fraction of sp³-hybridized carbons (Fsp3) is 0.154. The number of hydrogen-bond donors (Lipinski definition) is 1. The Hall–Kier alpha value is -1.83. The molecule has 1 atom stereocenters. The molecule has 0 saturated heterocycles. The quantitative estimate of drug-likeness (QED) is 0.634. The van der Waals surface area contributed by atoms with Gasteiger partial charge in [-0.1, -0.05) is 24.3 Å². The van der Waals surface area contributed by atoms with Crippen molar-refractivity contribution >= 4 is 6.21 Å². The Morgan fingerprint density at radius 2 is 2.13 bits per heavy atom. The van der Waals surface area contributed by atoms with Crippen LogP contribution in [0.15, 0.2) is 64.5 Å². The lowest BCUT2D eigenvalue weighted by Crippen LogP contribution is -2.29. The van der Waals surface area contributed by atoms with Crippen molar-refractivity contribution in [1.29, 1.82) is 0 Å². The van der Waals surface area contributed by atoms with Crippen LogP contribution in [0.1, 0.15) is 6.42 Å². The average molecular weight is 196 g/mol. The van der Waals surface area contributed by atoms with Crippen molar-refractivity contribution in [2.24, 2.45) is 16.1 Å². The molecule has 2 heteroatoms. The van der Waals surface area contributed by atoms with Gasteiger partial charge in [-0.15, -0.1) is 0 Å². The van der Waals surface area contributed by atoms with Gasteiger partial charge in [0.2, 0.25) is 0 Å². The molecule has 1 heterocycles. The van der Waals surface area contributed by atoms with E-state index < -0.39 is 0 Å². The predicted molar refractivity (Wildman–Crippen MR) is 62.3 cm³/mol. The van der Waals surface area contributed by atoms with Gasteiger partial charge in [-0.05, 0) is 23.3 Å². The van der Waals surface area contributed by atoms with E-state index in [9.17, 15) is 0 Å². The summed E-state index contributed by atoms with van der Waals surface area (Å²) in [5.41, 5.74) is 9.22. The second-order valence-electron chi connectivity index (χ2n) is 4.05. The Bertz CT molecular complexity index is 477. The van der Waals surface area contributed by atoms with Crippen LogP contribution < -0.4 is 5.73 Å². The number of allylic oxidation sites excluding steroid dienone is 8. The van der Waals surface area contributed by atoms with Crippen LogP contribution in [0.25, 0.3) is 0 Å². The topological polar surface area (TPSA) is 38.4 Å². The molecule has 2 N–H and O–H groups in total. The summed E-state index contributed by atoms with van der Waals surface area (Å²) in [6.45, 7) is 0. The Morgan fingerprint density at radius 1 is 1.20 bits per heavy atom. The molecule has 0 radical (unpaired) electrons. The minimum absolute atomic E-state index is 0.0463. The van der Waals surface area contributed by atoms with Crippen LogP contribution in [0.2, 0.25) is 0 Å².